The summed E-state index contributed by atoms with van der Waals surface area (Å²) in [5.74, 6) is -2.19. The zero-order valence-corrected chi connectivity index (χ0v) is 52.7. The molecule has 0 radical (unpaired) electrons. The number of aryl methyl sites for hydroxylation is 1. The lowest BCUT2D eigenvalue weighted by molar-refractivity contribution is -0.162. The smallest absolute Gasteiger partial charge is 0.409 e. The Kier molecular flexibility index (Phi) is 22.8. The zero-order valence-electron chi connectivity index (χ0n) is 50.3. The van der Waals surface area contributed by atoms with Gasteiger partial charge in [-0.3, -0.25) is 39.0 Å². The molecule has 8 atom stereocenters. The number of amides is 6. The minimum atomic E-state index is -1.87. The van der Waals surface area contributed by atoms with E-state index in [1.807, 2.05) is 39.0 Å². The van der Waals surface area contributed by atoms with Crippen molar-refractivity contribution < 1.29 is 67.1 Å². The van der Waals surface area contributed by atoms with Crippen molar-refractivity contribution in [2.45, 2.75) is 178 Å². The molecule has 0 spiro atoms. The molecule has 7 rings (SSSR count). The summed E-state index contributed by atoms with van der Waals surface area (Å²) >= 11 is 6.85. The number of fused-ring (bicyclic) bond motifs is 6. The lowest BCUT2D eigenvalue weighted by atomic mass is 9.83. The highest BCUT2D eigenvalue weighted by Crippen LogP contribution is 2.49. The lowest BCUT2D eigenvalue weighted by Gasteiger charge is -2.42. The molecule has 0 saturated carbocycles. The van der Waals surface area contributed by atoms with Crippen LogP contribution < -0.4 is 20.4 Å². The van der Waals surface area contributed by atoms with E-state index in [1.54, 1.807) is 45.2 Å². The number of carbonyl (C=O) groups excluding carboxylic acids is 8. The molecule has 2 aromatic carbocycles. The Hall–Kier alpha value is -6.04. The van der Waals surface area contributed by atoms with Gasteiger partial charge in [0.15, 0.2) is 5.72 Å². The van der Waals surface area contributed by atoms with Crippen LogP contribution in [0.2, 0.25) is 5.02 Å². The highest BCUT2D eigenvalue weighted by atomic mass is 35.5. The van der Waals surface area contributed by atoms with Gasteiger partial charge in [0.05, 0.1) is 31.0 Å². The first-order chi connectivity index (χ1) is 40.3. The molecule has 462 valence electrons. The summed E-state index contributed by atoms with van der Waals surface area (Å²) in [7, 11) is 8.86. The number of anilines is 1. The number of ketones is 1. The number of ether oxygens (including phenoxy) is 5. The Morgan fingerprint density at radius 3 is 2.48 bits per heavy atom. The fraction of sp³-hybridized carbons (Fsp3) is 0.565. The number of halogens is 1. The van der Waals surface area contributed by atoms with Crippen LogP contribution in [-0.2, 0) is 71.8 Å². The Bertz CT molecular complexity index is 2990. The van der Waals surface area contributed by atoms with Gasteiger partial charge in [0.2, 0.25) is 17.7 Å². The number of alkyl carbamates (subject to hydrolysis) is 1. The summed E-state index contributed by atoms with van der Waals surface area (Å²) in [6, 6.07) is 8.47. The fourth-order valence-electron chi connectivity index (χ4n) is 11.2. The Balaban J connectivity index is 0.925. The minimum absolute atomic E-state index is 0.0646. The van der Waals surface area contributed by atoms with E-state index in [4.69, 9.17) is 35.3 Å². The Morgan fingerprint density at radius 1 is 1.04 bits per heavy atom. The average molecular weight is 1230 g/mol. The van der Waals surface area contributed by atoms with Crippen molar-refractivity contribution >= 4 is 92.0 Å². The van der Waals surface area contributed by atoms with Crippen molar-refractivity contribution in [3.63, 3.8) is 0 Å². The van der Waals surface area contributed by atoms with E-state index >= 15 is 0 Å². The number of rotatable bonds is 21. The van der Waals surface area contributed by atoms with E-state index in [0.29, 0.717) is 62.3 Å². The molecule has 6 amide bonds. The molecule has 3 N–H and O–H groups in total. The molecule has 0 aromatic heterocycles. The van der Waals surface area contributed by atoms with Gasteiger partial charge in [-0.25, -0.2) is 15.0 Å². The largest absolute Gasteiger partial charge is 0.495 e. The van der Waals surface area contributed by atoms with Crippen LogP contribution in [0.5, 0.6) is 5.75 Å². The number of methoxy groups -OCH3 is 2. The number of imide groups is 1. The van der Waals surface area contributed by atoms with Gasteiger partial charge < -0.3 is 38.6 Å². The fourth-order valence-corrected chi connectivity index (χ4v) is 13.9. The van der Waals surface area contributed by atoms with Gasteiger partial charge in [0.25, 0.3) is 11.8 Å². The van der Waals surface area contributed by atoms with Gasteiger partial charge in [-0.1, -0.05) is 88.5 Å². The maximum absolute atomic E-state index is 14.4. The SMILES string of the molecule is COc1cc2cc(c1Cl)N(C)C(=O)C[C@H](OC(=O)[C@H](C)N(C)C(=O)CCSSC(C)(C)CC(=O)N/N=C1/CCCCc3cc(CC(=O)CCCCCN4C(=O)C=CC4=O)ccc31)[C@]1(C)O[C@H]1[C@H](C)[C@@H]1C[C@@](O)(NC(=O)O1)[C@H](OC)/C=C/C=C(\C)C2. The summed E-state index contributed by atoms with van der Waals surface area (Å²) in [5.41, 5.74) is 5.40. The molecule has 23 heteroatoms. The number of hydrogen-bond donors (Lipinski definition) is 3. The number of epoxide rings is 1. The summed E-state index contributed by atoms with van der Waals surface area (Å²) in [4.78, 5) is 109. The van der Waals surface area contributed by atoms with Gasteiger partial charge >= 0.3 is 12.1 Å². The topological polar surface area (TPSA) is 252 Å². The second-order valence-electron chi connectivity index (χ2n) is 23.5. The first-order valence-electron chi connectivity index (χ1n) is 28.9. The van der Waals surface area contributed by atoms with E-state index < -0.39 is 70.4 Å². The molecule has 5 aliphatic rings. The molecule has 4 bridgehead atoms. The summed E-state index contributed by atoms with van der Waals surface area (Å²) in [5, 5.41) is 19.2. The molecule has 2 saturated heterocycles. The number of nitrogens with one attached hydrogen (secondary N) is 2. The average Bonchev–Trinajstić information content (AvgIpc) is 4.22. The Morgan fingerprint density at radius 2 is 1.76 bits per heavy atom. The van der Waals surface area contributed by atoms with Crippen LogP contribution in [0.3, 0.4) is 0 Å². The molecule has 1 aliphatic carbocycles. The van der Waals surface area contributed by atoms with E-state index in [9.17, 15) is 43.5 Å². The van der Waals surface area contributed by atoms with E-state index in [0.717, 1.165) is 59.2 Å². The predicted octanol–water partition coefficient (Wildman–Crippen LogP) is 8.30. The Labute approximate surface area is 510 Å². The van der Waals surface area contributed by atoms with Gasteiger partial charge in [0, 0.05) is 94.0 Å². The molecule has 4 aliphatic heterocycles. The standard InChI is InChI=1S/C62H81ClN6O14S2/c1-37-17-16-21-49(80-10)62(78)35-48(81-59(77)64-62)38(2)57-61(6,83-57)50(34-55(75)68(8)46-32-41(29-37)33-47(79-9)56(46)63)82-58(76)39(3)67(7)52(72)26-28-84-85-60(4,5)36-51(71)66-65-45-20-14-13-18-42-30-40(22-23-44(42)45)31-43(70)19-12-11-15-27-69-53(73)24-25-54(69)74/h16-17,21-25,30,32-33,38-39,48-50,57,78H,11-15,18-20,26-29,31,34-36H2,1-10H3,(H,64,77)(H,66,71)/b21-16+,37-17+,65-45-/t38-,39+,48+,49-,50+,57+,61+,62+/m1/s1. The molecule has 85 heavy (non-hydrogen) atoms. The number of nitrogens with zero attached hydrogens (tertiary/aromatic N) is 4. The highest BCUT2D eigenvalue weighted by Gasteiger charge is 2.64. The van der Waals surface area contributed by atoms with E-state index in [-0.39, 0.29) is 60.1 Å². The van der Waals surface area contributed by atoms with Crippen LogP contribution in [-0.4, -0.2) is 155 Å². The number of allylic oxidation sites excluding steroid dienone is 3. The number of benzene rings is 2. The van der Waals surface area contributed by atoms with E-state index in [1.165, 1.54) is 76.6 Å². The normalized spacial score (nSPS) is 26.2. The van der Waals surface area contributed by atoms with Gasteiger partial charge in [-0.05, 0) is 108 Å². The zero-order chi connectivity index (χ0) is 62.0. The lowest BCUT2D eigenvalue weighted by Crippen LogP contribution is -2.63. The van der Waals surface area contributed by atoms with Gasteiger partial charge in [0.1, 0.15) is 46.5 Å². The number of Topliss-reactive ketones (excluding diaryl/α,β-unsaturated/α-hetero) is 1. The van der Waals surface area contributed by atoms with Crippen molar-refractivity contribution in [1.82, 2.24) is 20.5 Å². The van der Waals surface area contributed by atoms with Crippen molar-refractivity contribution in [3.05, 3.63) is 93.6 Å². The number of carbonyl (C=O) groups is 8. The molecule has 20 nitrogen and oxygen atoms in total. The van der Waals surface area contributed by atoms with Crippen LogP contribution >= 0.6 is 33.2 Å². The third kappa shape index (κ3) is 17.1. The number of hydrogen-bond acceptors (Lipinski definition) is 17. The van der Waals surface area contributed by atoms with Crippen LogP contribution in [0.1, 0.15) is 134 Å². The second-order valence-corrected chi connectivity index (χ2v) is 27.0. The summed E-state index contributed by atoms with van der Waals surface area (Å²) < 4.78 is 29.1. The number of aliphatic hydroxyl groups is 1. The van der Waals surface area contributed by atoms with Crippen molar-refractivity contribution in [2.75, 3.05) is 45.5 Å². The molecule has 0 unspecified atom stereocenters. The van der Waals surface area contributed by atoms with Crippen molar-refractivity contribution in [2.24, 2.45) is 11.0 Å². The minimum Gasteiger partial charge on any atom is -0.495 e. The maximum Gasteiger partial charge on any atom is 0.409 e. The summed E-state index contributed by atoms with van der Waals surface area (Å²) in [6.07, 6.45) is 9.41. The van der Waals surface area contributed by atoms with Gasteiger partial charge in [-0.2, -0.15) is 5.10 Å². The van der Waals surface area contributed by atoms with Crippen molar-refractivity contribution in [3.8, 4) is 5.75 Å². The summed E-state index contributed by atoms with van der Waals surface area (Å²) in [6.45, 7) is 11.2. The van der Waals surface area contributed by atoms with Crippen molar-refractivity contribution in [1.29, 1.82) is 0 Å². The number of likely N-dealkylation sites (N-methyl/N-ethyl adjacent to an activating group) is 1. The first-order valence-corrected chi connectivity index (χ1v) is 31.6. The van der Waals surface area contributed by atoms with Gasteiger partial charge in [-0.15, -0.1) is 0 Å². The quantitative estimate of drug-likeness (QED) is 0.0202. The maximum atomic E-state index is 14.4. The highest BCUT2D eigenvalue weighted by molar-refractivity contribution is 8.77. The van der Waals surface area contributed by atoms with Crippen LogP contribution in [0.25, 0.3) is 0 Å². The monoisotopic (exact) mass is 1230 g/mol. The van der Waals surface area contributed by atoms with E-state index in [2.05, 4.69) is 21.9 Å². The molecular weight excluding hydrogens is 1150 g/mol. The third-order valence-electron chi connectivity index (χ3n) is 16.3. The van der Waals surface area contributed by atoms with Crippen LogP contribution in [0, 0.1) is 5.92 Å². The van der Waals surface area contributed by atoms with Crippen LogP contribution in [0.15, 0.2) is 71.4 Å². The molecular formula is C62H81ClN6O14S2. The third-order valence-corrected chi connectivity index (χ3v) is 20.0. The predicted molar refractivity (Wildman–Crippen MR) is 326 cm³/mol. The molecule has 2 fully saturated rings. The van der Waals surface area contributed by atoms with Crippen LogP contribution in [0.4, 0.5) is 10.5 Å². The number of hydrazone groups is 1. The molecule has 4 heterocycles. The first kappa shape index (κ1) is 66.5. The number of esters is 1. The molecule has 2 aromatic rings. The number of unbranched alkanes of at least 4 members (excludes halogenated alkanes) is 2. The second kappa shape index (κ2) is 29.1.